The van der Waals surface area contributed by atoms with E-state index in [4.69, 9.17) is 10.8 Å². The van der Waals surface area contributed by atoms with Crippen LogP contribution >= 0.6 is 0 Å². The highest BCUT2D eigenvalue weighted by atomic mass is 16.4. The van der Waals surface area contributed by atoms with Crippen LogP contribution in [0.25, 0.3) is 0 Å². The van der Waals surface area contributed by atoms with Gasteiger partial charge >= 0.3 is 5.97 Å². The standard InChI is InChI=1S/C13H19NO2/c1-9(12(15)16)11-6-4-10(5-7-11)8-13(2,3)14/h4-7,9H,8,14H2,1-3H3,(H,15,16). The Bertz CT molecular complexity index is 363. The van der Waals surface area contributed by atoms with Gasteiger partial charge in [-0.15, -0.1) is 0 Å². The summed E-state index contributed by atoms with van der Waals surface area (Å²) in [4.78, 5) is 10.8. The Morgan fingerprint density at radius 3 is 2.25 bits per heavy atom. The summed E-state index contributed by atoms with van der Waals surface area (Å²) in [7, 11) is 0. The molecule has 0 spiro atoms. The van der Waals surface area contributed by atoms with E-state index in [9.17, 15) is 4.79 Å². The minimum atomic E-state index is -0.799. The summed E-state index contributed by atoms with van der Waals surface area (Å²) in [6.07, 6.45) is 0.786. The fourth-order valence-electron chi connectivity index (χ4n) is 1.59. The highest BCUT2D eigenvalue weighted by molar-refractivity contribution is 5.75. The van der Waals surface area contributed by atoms with Crippen LogP contribution in [0.3, 0.4) is 0 Å². The first-order valence-corrected chi connectivity index (χ1v) is 5.40. The maximum Gasteiger partial charge on any atom is 0.310 e. The number of hydrogen-bond acceptors (Lipinski definition) is 2. The van der Waals surface area contributed by atoms with E-state index in [2.05, 4.69) is 0 Å². The third-order valence-electron chi connectivity index (χ3n) is 2.51. The van der Waals surface area contributed by atoms with Crippen molar-refractivity contribution in [2.75, 3.05) is 0 Å². The first-order chi connectivity index (χ1) is 7.29. The summed E-state index contributed by atoms with van der Waals surface area (Å²) in [5.74, 6) is -1.26. The second-order valence-electron chi connectivity index (χ2n) is 4.97. The molecule has 0 radical (unpaired) electrons. The van der Waals surface area contributed by atoms with Crippen molar-refractivity contribution in [2.45, 2.75) is 38.6 Å². The van der Waals surface area contributed by atoms with Crippen molar-refractivity contribution in [3.8, 4) is 0 Å². The highest BCUT2D eigenvalue weighted by Gasteiger charge is 2.15. The molecule has 1 rings (SSSR count). The zero-order valence-corrected chi connectivity index (χ0v) is 10.0. The number of nitrogens with two attached hydrogens (primary N) is 1. The van der Waals surface area contributed by atoms with Gasteiger partial charge in [0.25, 0.3) is 0 Å². The molecule has 1 aromatic carbocycles. The van der Waals surface area contributed by atoms with Gasteiger partial charge in [0, 0.05) is 5.54 Å². The van der Waals surface area contributed by atoms with Gasteiger partial charge in [-0.25, -0.2) is 0 Å². The third kappa shape index (κ3) is 3.66. The molecule has 0 aliphatic rings. The van der Waals surface area contributed by atoms with Crippen LogP contribution in [0.1, 0.15) is 37.8 Å². The van der Waals surface area contributed by atoms with Crippen LogP contribution in [0.15, 0.2) is 24.3 Å². The molecule has 0 aliphatic carbocycles. The van der Waals surface area contributed by atoms with E-state index in [0.29, 0.717) is 0 Å². The average molecular weight is 221 g/mol. The van der Waals surface area contributed by atoms with Crippen LogP contribution < -0.4 is 5.73 Å². The Balaban J connectivity index is 2.79. The lowest BCUT2D eigenvalue weighted by molar-refractivity contribution is -0.138. The Hall–Kier alpha value is -1.35. The molecule has 1 unspecified atom stereocenters. The number of aliphatic carboxylic acids is 1. The van der Waals surface area contributed by atoms with Crippen LogP contribution in [0.4, 0.5) is 0 Å². The normalized spacial score (nSPS) is 13.5. The van der Waals surface area contributed by atoms with Gasteiger partial charge in [0.05, 0.1) is 5.92 Å². The molecule has 0 aliphatic heterocycles. The van der Waals surface area contributed by atoms with Gasteiger partial charge in [-0.05, 0) is 38.3 Å². The Morgan fingerprint density at radius 1 is 1.38 bits per heavy atom. The van der Waals surface area contributed by atoms with Gasteiger partial charge in [-0.2, -0.15) is 0 Å². The molecule has 0 fully saturated rings. The first-order valence-electron chi connectivity index (χ1n) is 5.40. The smallest absolute Gasteiger partial charge is 0.310 e. The average Bonchev–Trinajstić information content (AvgIpc) is 2.15. The second-order valence-corrected chi connectivity index (χ2v) is 4.97. The minimum absolute atomic E-state index is 0.236. The molecular formula is C13H19NO2. The van der Waals surface area contributed by atoms with Crippen molar-refractivity contribution in [1.82, 2.24) is 0 Å². The van der Waals surface area contributed by atoms with Crippen LogP contribution in [0.5, 0.6) is 0 Å². The van der Waals surface area contributed by atoms with Crippen molar-refractivity contribution in [3.63, 3.8) is 0 Å². The van der Waals surface area contributed by atoms with Crippen molar-refractivity contribution < 1.29 is 9.90 Å². The van der Waals surface area contributed by atoms with E-state index in [1.807, 2.05) is 38.1 Å². The van der Waals surface area contributed by atoms with Gasteiger partial charge in [-0.3, -0.25) is 4.79 Å². The molecule has 3 nitrogen and oxygen atoms in total. The Kier molecular flexibility index (Phi) is 3.70. The predicted molar refractivity (Wildman–Crippen MR) is 64.5 cm³/mol. The van der Waals surface area contributed by atoms with E-state index in [1.165, 1.54) is 0 Å². The summed E-state index contributed by atoms with van der Waals surface area (Å²) >= 11 is 0. The fraction of sp³-hybridized carbons (Fsp3) is 0.462. The van der Waals surface area contributed by atoms with E-state index >= 15 is 0 Å². The number of rotatable bonds is 4. The van der Waals surface area contributed by atoms with Gasteiger partial charge in [-0.1, -0.05) is 24.3 Å². The van der Waals surface area contributed by atoms with Crippen molar-refractivity contribution in [2.24, 2.45) is 5.73 Å². The monoisotopic (exact) mass is 221 g/mol. The zero-order valence-electron chi connectivity index (χ0n) is 10.0. The number of hydrogen-bond donors (Lipinski definition) is 2. The van der Waals surface area contributed by atoms with Crippen molar-refractivity contribution >= 4 is 5.97 Å². The summed E-state index contributed by atoms with van der Waals surface area (Å²) in [5, 5.41) is 8.87. The summed E-state index contributed by atoms with van der Waals surface area (Å²) in [5.41, 5.74) is 7.64. The lowest BCUT2D eigenvalue weighted by Gasteiger charge is -2.18. The number of carboxylic acids is 1. The SMILES string of the molecule is CC(C(=O)O)c1ccc(CC(C)(C)N)cc1. The van der Waals surface area contributed by atoms with Gasteiger partial charge in [0.2, 0.25) is 0 Å². The van der Waals surface area contributed by atoms with Crippen LogP contribution in [-0.2, 0) is 11.2 Å². The molecule has 16 heavy (non-hydrogen) atoms. The third-order valence-corrected chi connectivity index (χ3v) is 2.51. The Morgan fingerprint density at radius 2 is 1.88 bits per heavy atom. The summed E-state index contributed by atoms with van der Waals surface area (Å²) < 4.78 is 0. The number of carbonyl (C=O) groups is 1. The Labute approximate surface area is 96.3 Å². The van der Waals surface area contributed by atoms with Crippen LogP contribution in [0, 0.1) is 0 Å². The van der Waals surface area contributed by atoms with Crippen LogP contribution in [0.2, 0.25) is 0 Å². The lowest BCUT2D eigenvalue weighted by Crippen LogP contribution is -2.34. The zero-order chi connectivity index (χ0) is 12.3. The van der Waals surface area contributed by atoms with Crippen LogP contribution in [-0.4, -0.2) is 16.6 Å². The highest BCUT2D eigenvalue weighted by Crippen LogP contribution is 2.17. The summed E-state index contributed by atoms with van der Waals surface area (Å²) in [6, 6.07) is 7.62. The molecule has 88 valence electrons. The molecule has 1 aromatic rings. The van der Waals surface area contributed by atoms with Gasteiger partial charge < -0.3 is 10.8 Å². The second kappa shape index (κ2) is 4.66. The van der Waals surface area contributed by atoms with E-state index < -0.39 is 11.9 Å². The lowest BCUT2D eigenvalue weighted by atomic mass is 9.93. The molecule has 0 saturated carbocycles. The molecule has 0 bridgehead atoms. The molecule has 0 aromatic heterocycles. The maximum absolute atomic E-state index is 10.8. The fourth-order valence-corrected chi connectivity index (χ4v) is 1.59. The largest absolute Gasteiger partial charge is 0.481 e. The van der Waals surface area contributed by atoms with E-state index in [1.54, 1.807) is 6.92 Å². The molecule has 0 saturated heterocycles. The molecule has 3 N–H and O–H groups in total. The van der Waals surface area contributed by atoms with Gasteiger partial charge in [0.15, 0.2) is 0 Å². The molecule has 0 amide bonds. The minimum Gasteiger partial charge on any atom is -0.481 e. The first kappa shape index (κ1) is 12.7. The molecule has 3 heteroatoms. The maximum atomic E-state index is 10.8. The quantitative estimate of drug-likeness (QED) is 0.818. The molecule has 1 atom stereocenters. The van der Waals surface area contributed by atoms with E-state index in [-0.39, 0.29) is 5.54 Å². The van der Waals surface area contributed by atoms with Crippen molar-refractivity contribution in [1.29, 1.82) is 0 Å². The topological polar surface area (TPSA) is 63.3 Å². The van der Waals surface area contributed by atoms with E-state index in [0.717, 1.165) is 17.5 Å². The van der Waals surface area contributed by atoms with Crippen molar-refractivity contribution in [3.05, 3.63) is 35.4 Å². The number of benzene rings is 1. The summed E-state index contributed by atoms with van der Waals surface area (Å²) in [6.45, 7) is 5.63. The molecule has 0 heterocycles. The van der Waals surface area contributed by atoms with Gasteiger partial charge in [0.1, 0.15) is 0 Å². The predicted octanol–water partition coefficient (Wildman–Crippen LogP) is 2.15. The number of carboxylic acid groups (broad SMARTS) is 1. The molecular weight excluding hydrogens is 202 g/mol.